The number of hydrogen-bond acceptors (Lipinski definition) is 7. The highest BCUT2D eigenvalue weighted by Gasteiger charge is 2.23. The van der Waals surface area contributed by atoms with E-state index in [2.05, 4.69) is 5.32 Å². The Morgan fingerprint density at radius 1 is 1.03 bits per heavy atom. The number of benzene rings is 2. The summed E-state index contributed by atoms with van der Waals surface area (Å²) in [4.78, 5) is 13.0. The Kier molecular flexibility index (Phi) is 7.60. The number of anilines is 1. The van der Waals surface area contributed by atoms with Crippen LogP contribution in [0.4, 0.5) is 5.69 Å². The van der Waals surface area contributed by atoms with E-state index in [1.807, 2.05) is 6.07 Å². The fourth-order valence-electron chi connectivity index (χ4n) is 3.12. The van der Waals surface area contributed by atoms with Gasteiger partial charge < -0.3 is 19.5 Å². The molecule has 8 nitrogen and oxygen atoms in total. The Hall–Kier alpha value is -2.82. The van der Waals surface area contributed by atoms with Crippen LogP contribution in [0.5, 0.6) is 11.5 Å². The third-order valence-corrected chi connectivity index (χ3v) is 7.81. The summed E-state index contributed by atoms with van der Waals surface area (Å²) < 4.78 is 43.9. The Bertz CT molecular complexity index is 1210. The molecule has 0 aliphatic rings. The zero-order chi connectivity index (χ0) is 23.3. The lowest BCUT2D eigenvalue weighted by molar-refractivity contribution is 0.0952. The lowest BCUT2D eigenvalue weighted by atomic mass is 10.2. The number of ether oxygens (including phenoxy) is 3. The van der Waals surface area contributed by atoms with Gasteiger partial charge in [0.1, 0.15) is 0 Å². The minimum atomic E-state index is -3.84. The zero-order valence-electron chi connectivity index (χ0n) is 18.4. The van der Waals surface area contributed by atoms with Crippen LogP contribution in [-0.4, -0.2) is 55.9 Å². The third-order valence-electron chi connectivity index (χ3n) is 4.91. The first-order valence-corrected chi connectivity index (χ1v) is 12.1. The SMILES string of the molecule is COCCCNC(=O)c1cc2cc(N(C)S(=O)(=O)c3ccc(OC)c(OC)c3)ccc2s1. The number of fused-ring (bicyclic) bond motifs is 1. The molecule has 10 heteroatoms. The van der Waals surface area contributed by atoms with Gasteiger partial charge in [-0.15, -0.1) is 11.3 Å². The van der Waals surface area contributed by atoms with Gasteiger partial charge in [0.15, 0.2) is 11.5 Å². The van der Waals surface area contributed by atoms with E-state index in [1.54, 1.807) is 31.4 Å². The second-order valence-electron chi connectivity index (χ2n) is 6.92. The van der Waals surface area contributed by atoms with Gasteiger partial charge in [-0.3, -0.25) is 9.10 Å². The average molecular weight is 479 g/mol. The molecule has 32 heavy (non-hydrogen) atoms. The predicted molar refractivity (Wildman–Crippen MR) is 126 cm³/mol. The molecular formula is C22H26N2O6S2. The van der Waals surface area contributed by atoms with Crippen LogP contribution in [0.3, 0.4) is 0 Å². The van der Waals surface area contributed by atoms with Crippen LogP contribution in [0.1, 0.15) is 16.1 Å². The highest BCUT2D eigenvalue weighted by Crippen LogP contribution is 2.34. The summed E-state index contributed by atoms with van der Waals surface area (Å²) in [7, 11) is 2.21. The summed E-state index contributed by atoms with van der Waals surface area (Å²) in [5.74, 6) is 0.619. The van der Waals surface area contributed by atoms with Gasteiger partial charge in [-0.2, -0.15) is 0 Å². The smallest absolute Gasteiger partial charge is 0.264 e. The maximum absolute atomic E-state index is 13.2. The van der Waals surface area contributed by atoms with Crippen molar-refractivity contribution in [1.82, 2.24) is 5.32 Å². The first-order chi connectivity index (χ1) is 15.3. The molecule has 0 unspecified atom stereocenters. The second-order valence-corrected chi connectivity index (χ2v) is 9.98. The van der Waals surface area contributed by atoms with Crippen LogP contribution in [0.25, 0.3) is 10.1 Å². The molecule has 2 aromatic carbocycles. The fourth-order valence-corrected chi connectivity index (χ4v) is 5.28. The third kappa shape index (κ3) is 4.98. The van der Waals surface area contributed by atoms with E-state index in [4.69, 9.17) is 14.2 Å². The molecular weight excluding hydrogens is 452 g/mol. The highest BCUT2D eigenvalue weighted by atomic mass is 32.2. The van der Waals surface area contributed by atoms with Gasteiger partial charge in [0.05, 0.1) is 29.7 Å². The second kappa shape index (κ2) is 10.2. The van der Waals surface area contributed by atoms with Crippen LogP contribution >= 0.6 is 11.3 Å². The summed E-state index contributed by atoms with van der Waals surface area (Å²) >= 11 is 1.36. The first kappa shape index (κ1) is 23.8. The average Bonchev–Trinajstić information content (AvgIpc) is 3.24. The van der Waals surface area contributed by atoms with Gasteiger partial charge in [-0.25, -0.2) is 8.42 Å². The van der Waals surface area contributed by atoms with E-state index in [0.717, 1.165) is 16.5 Å². The number of methoxy groups -OCH3 is 3. The minimum Gasteiger partial charge on any atom is -0.493 e. The standard InChI is InChI=1S/C22H26N2O6S2/c1-24(32(26,27)17-7-8-18(29-3)19(14-17)30-4)16-6-9-20-15(12-16)13-21(31-20)22(25)23-10-5-11-28-2/h6-9,12-14H,5,10-11H2,1-4H3,(H,23,25). The Labute approximate surface area is 191 Å². The summed E-state index contributed by atoms with van der Waals surface area (Å²) in [6.45, 7) is 1.11. The van der Waals surface area contributed by atoms with Crippen LogP contribution < -0.4 is 19.1 Å². The Morgan fingerprint density at radius 2 is 1.78 bits per heavy atom. The normalized spacial score (nSPS) is 11.4. The van der Waals surface area contributed by atoms with Gasteiger partial charge in [0.2, 0.25) is 0 Å². The minimum absolute atomic E-state index is 0.0826. The van der Waals surface area contributed by atoms with Gasteiger partial charge in [-0.1, -0.05) is 0 Å². The van der Waals surface area contributed by atoms with Crippen LogP contribution in [0.2, 0.25) is 0 Å². The van der Waals surface area contributed by atoms with E-state index < -0.39 is 10.0 Å². The maximum atomic E-state index is 13.2. The molecule has 0 saturated heterocycles. The van der Waals surface area contributed by atoms with Crippen molar-refractivity contribution in [1.29, 1.82) is 0 Å². The van der Waals surface area contributed by atoms with Crippen molar-refractivity contribution in [3.8, 4) is 11.5 Å². The quantitative estimate of drug-likeness (QED) is 0.448. The number of hydrogen-bond donors (Lipinski definition) is 1. The van der Waals surface area contributed by atoms with Crippen molar-refractivity contribution in [3.05, 3.63) is 47.3 Å². The molecule has 0 fully saturated rings. The van der Waals surface area contributed by atoms with Crippen LogP contribution in [0, 0.1) is 0 Å². The van der Waals surface area contributed by atoms with Crippen molar-refractivity contribution in [2.45, 2.75) is 11.3 Å². The van der Waals surface area contributed by atoms with Gasteiger partial charge in [0, 0.05) is 38.1 Å². The molecule has 0 radical (unpaired) electrons. The lowest BCUT2D eigenvalue weighted by Crippen LogP contribution is -2.26. The highest BCUT2D eigenvalue weighted by molar-refractivity contribution is 7.92. The van der Waals surface area contributed by atoms with E-state index >= 15 is 0 Å². The summed E-state index contributed by atoms with van der Waals surface area (Å²) in [6, 6.07) is 11.5. The fraction of sp³-hybridized carbons (Fsp3) is 0.318. The Balaban J connectivity index is 1.85. The molecule has 172 valence electrons. The molecule has 0 spiro atoms. The van der Waals surface area contributed by atoms with E-state index in [9.17, 15) is 13.2 Å². The number of amides is 1. The number of carbonyl (C=O) groups excluding carboxylic acids is 1. The predicted octanol–water partition coefficient (Wildman–Crippen LogP) is 3.51. The maximum Gasteiger partial charge on any atom is 0.264 e. The summed E-state index contributed by atoms with van der Waals surface area (Å²) in [5.41, 5.74) is 0.483. The van der Waals surface area contributed by atoms with E-state index in [0.29, 0.717) is 35.2 Å². The largest absolute Gasteiger partial charge is 0.493 e. The molecule has 0 atom stereocenters. The number of nitrogens with zero attached hydrogens (tertiary/aromatic N) is 1. The molecule has 0 saturated carbocycles. The number of sulfonamides is 1. The Morgan fingerprint density at radius 3 is 2.47 bits per heavy atom. The van der Waals surface area contributed by atoms with Crippen LogP contribution in [-0.2, 0) is 14.8 Å². The number of thiophene rings is 1. The number of nitrogens with one attached hydrogen (secondary N) is 1. The van der Waals surface area contributed by atoms with Crippen molar-refractivity contribution >= 4 is 43.0 Å². The number of rotatable bonds is 10. The number of carbonyl (C=O) groups is 1. The molecule has 0 aliphatic carbocycles. The van der Waals surface area contributed by atoms with Gasteiger partial charge >= 0.3 is 0 Å². The molecule has 1 aromatic heterocycles. The van der Waals surface area contributed by atoms with E-state index in [1.165, 1.54) is 49.0 Å². The molecule has 1 N–H and O–H groups in total. The topological polar surface area (TPSA) is 94.2 Å². The van der Waals surface area contributed by atoms with Gasteiger partial charge in [0.25, 0.3) is 15.9 Å². The molecule has 1 heterocycles. The first-order valence-electron chi connectivity index (χ1n) is 9.83. The van der Waals surface area contributed by atoms with Crippen molar-refractivity contribution in [2.75, 3.05) is 45.8 Å². The molecule has 1 amide bonds. The lowest BCUT2D eigenvalue weighted by Gasteiger charge is -2.20. The molecule has 3 rings (SSSR count). The van der Waals surface area contributed by atoms with Crippen molar-refractivity contribution in [3.63, 3.8) is 0 Å². The molecule has 0 bridgehead atoms. The summed E-state index contributed by atoms with van der Waals surface area (Å²) in [6.07, 6.45) is 0.732. The van der Waals surface area contributed by atoms with E-state index in [-0.39, 0.29) is 10.8 Å². The van der Waals surface area contributed by atoms with Crippen LogP contribution in [0.15, 0.2) is 47.4 Å². The monoisotopic (exact) mass is 478 g/mol. The van der Waals surface area contributed by atoms with Crippen molar-refractivity contribution in [2.24, 2.45) is 0 Å². The zero-order valence-corrected chi connectivity index (χ0v) is 20.0. The molecule has 0 aliphatic heterocycles. The molecule has 3 aromatic rings. The van der Waals surface area contributed by atoms with Crippen molar-refractivity contribution < 1.29 is 27.4 Å². The summed E-state index contributed by atoms with van der Waals surface area (Å²) in [5, 5.41) is 3.66. The van der Waals surface area contributed by atoms with Gasteiger partial charge in [-0.05, 0) is 48.2 Å².